The third kappa shape index (κ3) is 2.61. The van der Waals surface area contributed by atoms with E-state index in [1.54, 1.807) is 24.5 Å². The number of aromatic nitrogens is 3. The summed E-state index contributed by atoms with van der Waals surface area (Å²) >= 11 is 1.95. The fourth-order valence-electron chi connectivity index (χ4n) is 3.77. The second kappa shape index (κ2) is 5.87. The number of amides is 1. The third-order valence-corrected chi connectivity index (χ3v) is 6.79. The Bertz CT molecular complexity index is 834. The van der Waals surface area contributed by atoms with Gasteiger partial charge >= 0.3 is 6.09 Å². The molecule has 0 bridgehead atoms. The molecule has 1 aromatic heterocycles. The van der Waals surface area contributed by atoms with Crippen molar-refractivity contribution in [2.45, 2.75) is 12.6 Å². The van der Waals surface area contributed by atoms with E-state index in [9.17, 15) is 9.18 Å². The number of cyclic esters (lactones) is 1. The molecule has 0 saturated carbocycles. The van der Waals surface area contributed by atoms with E-state index in [-0.39, 0.29) is 11.9 Å². The fraction of sp³-hybridized carbons (Fsp3) is 0.471. The van der Waals surface area contributed by atoms with Crippen LogP contribution in [0.2, 0.25) is 0 Å². The van der Waals surface area contributed by atoms with E-state index in [0.29, 0.717) is 29.9 Å². The van der Waals surface area contributed by atoms with Crippen molar-refractivity contribution in [3.63, 3.8) is 0 Å². The number of hydrogen-bond acceptors (Lipinski definition) is 6. The summed E-state index contributed by atoms with van der Waals surface area (Å²) in [7, 11) is 0. The number of thioether (sulfide) groups is 1. The van der Waals surface area contributed by atoms with Crippen LogP contribution in [0, 0.1) is 11.2 Å². The van der Waals surface area contributed by atoms with Crippen LogP contribution in [0.4, 0.5) is 20.6 Å². The summed E-state index contributed by atoms with van der Waals surface area (Å²) in [4.78, 5) is 17.2. The molecule has 9 heteroatoms. The van der Waals surface area contributed by atoms with E-state index in [4.69, 9.17) is 4.74 Å². The minimum atomic E-state index is -0.469. The highest BCUT2D eigenvalue weighted by Gasteiger charge is 2.48. The number of hydrogen-bond donors (Lipinski definition) is 0. The summed E-state index contributed by atoms with van der Waals surface area (Å²) < 4.78 is 20.0. The van der Waals surface area contributed by atoms with E-state index in [1.165, 1.54) is 27.3 Å². The smallest absolute Gasteiger partial charge is 0.414 e. The van der Waals surface area contributed by atoms with Crippen molar-refractivity contribution < 1.29 is 13.9 Å². The number of nitrogens with zero attached hydrogens (tertiary/aromatic N) is 5. The molecule has 0 radical (unpaired) electrons. The average Bonchev–Trinajstić information content (AvgIpc) is 3.16. The van der Waals surface area contributed by atoms with Crippen LogP contribution in [0.5, 0.6) is 0 Å². The zero-order valence-corrected chi connectivity index (χ0v) is 14.9. The van der Waals surface area contributed by atoms with Gasteiger partial charge in [0, 0.05) is 30.0 Å². The molecule has 0 N–H and O–H groups in total. The molecule has 1 amide bonds. The van der Waals surface area contributed by atoms with Crippen molar-refractivity contribution in [1.29, 1.82) is 0 Å². The standard InChI is InChI=1S/C17H18FN5O2S/c18-14-5-12(1-2-15(14)21-8-17(9-21)10-26-11-17)22-6-13(25-16(22)24)7-23-19-3-4-20-23/h1-5,13H,6-11H2/t13-/m1/s1. The van der Waals surface area contributed by atoms with E-state index >= 15 is 0 Å². The molecule has 1 atom stereocenters. The van der Waals surface area contributed by atoms with Crippen molar-refractivity contribution in [2.75, 3.05) is 40.9 Å². The average molecular weight is 375 g/mol. The molecule has 0 unspecified atom stereocenters. The number of anilines is 2. The van der Waals surface area contributed by atoms with Gasteiger partial charge in [0.25, 0.3) is 0 Å². The van der Waals surface area contributed by atoms with Gasteiger partial charge in [0.1, 0.15) is 11.9 Å². The molecule has 5 rings (SSSR count). The second-order valence-electron chi connectivity index (χ2n) is 7.18. The predicted molar refractivity (Wildman–Crippen MR) is 96.0 cm³/mol. The lowest BCUT2D eigenvalue weighted by atomic mass is 9.82. The Labute approximate surface area is 154 Å². The van der Waals surface area contributed by atoms with Gasteiger partial charge in [0.2, 0.25) is 0 Å². The van der Waals surface area contributed by atoms with Gasteiger partial charge < -0.3 is 9.64 Å². The van der Waals surface area contributed by atoms with E-state index in [1.807, 2.05) is 11.8 Å². The van der Waals surface area contributed by atoms with Crippen molar-refractivity contribution in [3.8, 4) is 0 Å². The molecule has 3 aliphatic rings. The highest BCUT2D eigenvalue weighted by Crippen LogP contribution is 2.47. The maximum absolute atomic E-state index is 14.6. The molecule has 7 nitrogen and oxygen atoms in total. The van der Waals surface area contributed by atoms with Gasteiger partial charge in [-0.15, -0.1) is 0 Å². The lowest BCUT2D eigenvalue weighted by molar-refractivity contribution is 0.126. The van der Waals surface area contributed by atoms with Gasteiger partial charge in [-0.05, 0) is 18.2 Å². The first kappa shape index (κ1) is 15.9. The molecular weight excluding hydrogens is 357 g/mol. The molecule has 136 valence electrons. The van der Waals surface area contributed by atoms with Crippen molar-refractivity contribution in [3.05, 3.63) is 36.4 Å². The summed E-state index contributed by atoms with van der Waals surface area (Å²) in [5.41, 5.74) is 1.53. The van der Waals surface area contributed by atoms with Crippen LogP contribution in [-0.2, 0) is 11.3 Å². The van der Waals surface area contributed by atoms with E-state index in [0.717, 1.165) is 13.1 Å². The van der Waals surface area contributed by atoms with Gasteiger partial charge in [-0.2, -0.15) is 26.8 Å². The molecule has 2 aromatic rings. The highest BCUT2D eigenvalue weighted by molar-refractivity contribution is 8.00. The second-order valence-corrected chi connectivity index (χ2v) is 8.17. The summed E-state index contributed by atoms with van der Waals surface area (Å²) in [6.45, 7) is 2.56. The predicted octanol–water partition coefficient (Wildman–Crippen LogP) is 2.00. The molecule has 3 fully saturated rings. The van der Waals surface area contributed by atoms with Crippen LogP contribution in [0.1, 0.15) is 0 Å². The number of carbonyl (C=O) groups is 1. The number of rotatable bonds is 4. The van der Waals surface area contributed by atoms with Crippen LogP contribution in [-0.4, -0.2) is 58.3 Å². The Balaban J connectivity index is 1.28. The van der Waals surface area contributed by atoms with Gasteiger partial charge in [-0.1, -0.05) is 0 Å². The maximum Gasteiger partial charge on any atom is 0.414 e. The maximum atomic E-state index is 14.6. The van der Waals surface area contributed by atoms with Crippen LogP contribution in [0.3, 0.4) is 0 Å². The van der Waals surface area contributed by atoms with Crippen LogP contribution in [0.15, 0.2) is 30.6 Å². The first-order valence-electron chi connectivity index (χ1n) is 8.56. The minimum absolute atomic E-state index is 0.297. The van der Waals surface area contributed by atoms with Gasteiger partial charge in [0.15, 0.2) is 0 Å². The Hall–Kier alpha value is -2.29. The Morgan fingerprint density at radius 1 is 1.27 bits per heavy atom. The highest BCUT2D eigenvalue weighted by atomic mass is 32.2. The van der Waals surface area contributed by atoms with Gasteiger partial charge in [0.05, 0.1) is 36.9 Å². The fourth-order valence-corrected chi connectivity index (χ4v) is 4.92. The summed E-state index contributed by atoms with van der Waals surface area (Å²) in [6.07, 6.45) is 2.32. The molecule has 0 aliphatic carbocycles. The summed E-state index contributed by atoms with van der Waals surface area (Å²) in [5.74, 6) is 2.05. The summed E-state index contributed by atoms with van der Waals surface area (Å²) in [6, 6.07) is 4.97. The molecular formula is C17H18FN5O2S. The first-order chi connectivity index (χ1) is 12.6. The van der Waals surface area contributed by atoms with Crippen LogP contribution < -0.4 is 9.80 Å². The molecule has 1 aromatic carbocycles. The lowest BCUT2D eigenvalue weighted by Crippen LogP contribution is -2.63. The van der Waals surface area contributed by atoms with Crippen molar-refractivity contribution in [2.24, 2.45) is 5.41 Å². The number of halogens is 1. The number of carbonyl (C=O) groups excluding carboxylic acids is 1. The third-order valence-electron chi connectivity index (χ3n) is 5.16. The van der Waals surface area contributed by atoms with Crippen molar-refractivity contribution in [1.82, 2.24) is 15.0 Å². The summed E-state index contributed by atoms with van der Waals surface area (Å²) in [5, 5.41) is 8.03. The lowest BCUT2D eigenvalue weighted by Gasteiger charge is -2.56. The zero-order chi connectivity index (χ0) is 17.7. The van der Waals surface area contributed by atoms with Crippen molar-refractivity contribution >= 4 is 29.2 Å². The molecule has 3 saturated heterocycles. The molecule has 1 spiro atoms. The minimum Gasteiger partial charge on any atom is -0.442 e. The molecule has 3 aliphatic heterocycles. The zero-order valence-electron chi connectivity index (χ0n) is 14.0. The Morgan fingerprint density at radius 2 is 2.04 bits per heavy atom. The molecule has 26 heavy (non-hydrogen) atoms. The van der Waals surface area contributed by atoms with E-state index in [2.05, 4.69) is 15.1 Å². The largest absolute Gasteiger partial charge is 0.442 e. The molecule has 4 heterocycles. The first-order valence-corrected chi connectivity index (χ1v) is 9.72. The normalized spacial score (nSPS) is 23.7. The quantitative estimate of drug-likeness (QED) is 0.815. The van der Waals surface area contributed by atoms with Gasteiger partial charge in [-0.25, -0.2) is 9.18 Å². The van der Waals surface area contributed by atoms with E-state index < -0.39 is 6.09 Å². The van der Waals surface area contributed by atoms with Crippen LogP contribution in [0.25, 0.3) is 0 Å². The monoisotopic (exact) mass is 375 g/mol. The Morgan fingerprint density at radius 3 is 2.69 bits per heavy atom. The topological polar surface area (TPSA) is 63.5 Å². The van der Waals surface area contributed by atoms with Crippen LogP contribution >= 0.6 is 11.8 Å². The number of ether oxygens (including phenoxy) is 1. The SMILES string of the molecule is O=C1O[C@@H](Cn2nccn2)CN1c1ccc(N2CC3(CSC3)C2)c(F)c1. The number of benzene rings is 1. The Kier molecular flexibility index (Phi) is 3.59. The van der Waals surface area contributed by atoms with Gasteiger partial charge in [-0.3, -0.25) is 4.90 Å².